The summed E-state index contributed by atoms with van der Waals surface area (Å²) in [5.74, 6) is 5.45. The highest BCUT2D eigenvalue weighted by atomic mass is 16.6. The van der Waals surface area contributed by atoms with Gasteiger partial charge in [0.1, 0.15) is 5.69 Å². The number of ether oxygens (including phenoxy) is 1. The first-order valence-electron chi connectivity index (χ1n) is 6.62. The fourth-order valence-electron chi connectivity index (χ4n) is 2.69. The second kappa shape index (κ2) is 6.17. The van der Waals surface area contributed by atoms with E-state index in [0.717, 1.165) is 18.7 Å². The molecule has 7 heteroatoms. The van der Waals surface area contributed by atoms with Gasteiger partial charge in [-0.2, -0.15) is 0 Å². The van der Waals surface area contributed by atoms with Gasteiger partial charge < -0.3 is 10.2 Å². The van der Waals surface area contributed by atoms with Crippen molar-refractivity contribution in [2.75, 3.05) is 18.5 Å². The van der Waals surface area contributed by atoms with Crippen molar-refractivity contribution in [3.05, 3.63) is 33.9 Å². The van der Waals surface area contributed by atoms with Crippen LogP contribution in [0, 0.1) is 10.1 Å². The van der Waals surface area contributed by atoms with Gasteiger partial charge in [-0.05, 0) is 19.4 Å². The summed E-state index contributed by atoms with van der Waals surface area (Å²) >= 11 is 0. The highest BCUT2D eigenvalue weighted by Crippen LogP contribution is 2.28. The molecule has 1 aliphatic heterocycles. The minimum Gasteiger partial charge on any atom is -0.373 e. The molecule has 0 aliphatic carbocycles. The van der Waals surface area contributed by atoms with E-state index in [1.807, 2.05) is 19.9 Å². The van der Waals surface area contributed by atoms with E-state index in [1.54, 1.807) is 6.07 Å². The van der Waals surface area contributed by atoms with E-state index in [1.165, 1.54) is 6.07 Å². The molecule has 1 aromatic carbocycles. The summed E-state index contributed by atoms with van der Waals surface area (Å²) in [6, 6.07) is 4.98. The number of benzene rings is 1. The first kappa shape index (κ1) is 14.7. The number of hydrogen-bond acceptors (Lipinski definition) is 6. The molecule has 0 saturated carbocycles. The number of nitrogen functional groups attached to an aromatic ring is 1. The van der Waals surface area contributed by atoms with Crippen LogP contribution in [0.25, 0.3) is 0 Å². The molecule has 0 spiro atoms. The summed E-state index contributed by atoms with van der Waals surface area (Å²) in [6.45, 7) is 6.27. The van der Waals surface area contributed by atoms with Crippen LogP contribution in [0.2, 0.25) is 0 Å². The molecule has 1 saturated heterocycles. The van der Waals surface area contributed by atoms with E-state index in [-0.39, 0.29) is 17.9 Å². The molecule has 2 atom stereocenters. The Morgan fingerprint density at radius 3 is 2.65 bits per heavy atom. The first-order chi connectivity index (χ1) is 9.51. The Bertz CT molecular complexity index is 485. The molecular formula is C13H20N4O3. The topological polar surface area (TPSA) is 93.7 Å². The maximum absolute atomic E-state index is 11.0. The van der Waals surface area contributed by atoms with Gasteiger partial charge in [-0.15, -0.1) is 0 Å². The molecule has 1 aromatic rings. The molecule has 3 N–H and O–H groups in total. The summed E-state index contributed by atoms with van der Waals surface area (Å²) in [5.41, 5.74) is 3.66. The summed E-state index contributed by atoms with van der Waals surface area (Å²) in [5, 5.41) is 11.0. The highest BCUT2D eigenvalue weighted by molar-refractivity contribution is 5.65. The third-order valence-corrected chi connectivity index (χ3v) is 3.36. The van der Waals surface area contributed by atoms with Gasteiger partial charge in [-0.25, -0.2) is 0 Å². The molecule has 1 fully saturated rings. The molecule has 1 aliphatic rings. The molecule has 20 heavy (non-hydrogen) atoms. The molecule has 110 valence electrons. The van der Waals surface area contributed by atoms with Gasteiger partial charge in [0.25, 0.3) is 5.69 Å². The number of anilines is 1. The predicted octanol–water partition coefficient (Wildman–Crippen LogP) is 1.49. The number of nitrogens with zero attached hydrogens (tertiary/aromatic N) is 2. The lowest BCUT2D eigenvalue weighted by atomic mass is 10.1. The van der Waals surface area contributed by atoms with Crippen LogP contribution in [0.1, 0.15) is 19.4 Å². The van der Waals surface area contributed by atoms with E-state index in [0.29, 0.717) is 12.2 Å². The molecule has 1 heterocycles. The van der Waals surface area contributed by atoms with Crippen molar-refractivity contribution in [3.63, 3.8) is 0 Å². The van der Waals surface area contributed by atoms with Crippen molar-refractivity contribution >= 4 is 11.4 Å². The van der Waals surface area contributed by atoms with E-state index in [4.69, 9.17) is 10.6 Å². The van der Waals surface area contributed by atoms with Crippen LogP contribution in [-0.4, -0.2) is 35.1 Å². The highest BCUT2D eigenvalue weighted by Gasteiger charge is 2.24. The first-order valence-corrected chi connectivity index (χ1v) is 6.62. The van der Waals surface area contributed by atoms with Crippen LogP contribution in [0.15, 0.2) is 18.2 Å². The minimum atomic E-state index is -0.427. The average Bonchev–Trinajstić information content (AvgIpc) is 2.37. The van der Waals surface area contributed by atoms with Crippen molar-refractivity contribution in [3.8, 4) is 0 Å². The number of hydrazine groups is 1. The number of nitrogens with two attached hydrogens (primary N) is 1. The number of para-hydroxylation sites is 1. The number of hydrogen-bond donors (Lipinski definition) is 2. The number of nitro benzene ring substituents is 1. The molecular weight excluding hydrogens is 260 g/mol. The monoisotopic (exact) mass is 280 g/mol. The Kier molecular flexibility index (Phi) is 4.53. The molecule has 2 unspecified atom stereocenters. The maximum Gasteiger partial charge on any atom is 0.293 e. The lowest BCUT2D eigenvalue weighted by molar-refractivity contribution is -0.384. The molecule has 2 rings (SSSR count). The maximum atomic E-state index is 11.0. The zero-order valence-corrected chi connectivity index (χ0v) is 11.7. The van der Waals surface area contributed by atoms with Gasteiger partial charge in [0.15, 0.2) is 0 Å². The smallest absolute Gasteiger partial charge is 0.293 e. The standard InChI is InChI=1S/C13H20N4O3/c1-9-6-16(7-10(2)20-9)8-11-4-3-5-12(17(18)19)13(11)15-14/h3-5,9-10,15H,6-8,14H2,1-2H3. The van der Waals surface area contributed by atoms with Gasteiger partial charge in [0, 0.05) is 25.7 Å². The van der Waals surface area contributed by atoms with Gasteiger partial charge in [-0.3, -0.25) is 20.9 Å². The fourth-order valence-corrected chi connectivity index (χ4v) is 2.69. The summed E-state index contributed by atoms with van der Waals surface area (Å²) < 4.78 is 5.68. The van der Waals surface area contributed by atoms with Crippen LogP contribution in [0.4, 0.5) is 11.4 Å². The Morgan fingerprint density at radius 1 is 1.45 bits per heavy atom. The van der Waals surface area contributed by atoms with Gasteiger partial charge in [0.05, 0.1) is 17.1 Å². The average molecular weight is 280 g/mol. The summed E-state index contributed by atoms with van der Waals surface area (Å²) in [4.78, 5) is 12.8. The number of nitro groups is 1. The Hall–Kier alpha value is -1.70. The van der Waals surface area contributed by atoms with Crippen molar-refractivity contribution in [2.45, 2.75) is 32.6 Å². The van der Waals surface area contributed by atoms with Crippen LogP contribution < -0.4 is 11.3 Å². The second-order valence-electron chi connectivity index (χ2n) is 5.16. The van der Waals surface area contributed by atoms with Crippen molar-refractivity contribution in [2.24, 2.45) is 5.84 Å². The van der Waals surface area contributed by atoms with Crippen LogP contribution in [-0.2, 0) is 11.3 Å². The van der Waals surface area contributed by atoms with E-state index >= 15 is 0 Å². The Balaban J connectivity index is 2.20. The molecule has 0 bridgehead atoms. The zero-order chi connectivity index (χ0) is 14.7. The summed E-state index contributed by atoms with van der Waals surface area (Å²) in [6.07, 6.45) is 0.318. The zero-order valence-electron chi connectivity index (χ0n) is 11.7. The third-order valence-electron chi connectivity index (χ3n) is 3.36. The lowest BCUT2D eigenvalue weighted by Crippen LogP contribution is -2.44. The Morgan fingerprint density at radius 2 is 2.10 bits per heavy atom. The van der Waals surface area contributed by atoms with Gasteiger partial charge >= 0.3 is 0 Å². The molecule has 0 amide bonds. The van der Waals surface area contributed by atoms with Crippen LogP contribution in [0.5, 0.6) is 0 Å². The third kappa shape index (κ3) is 3.24. The van der Waals surface area contributed by atoms with Crippen LogP contribution in [0.3, 0.4) is 0 Å². The van der Waals surface area contributed by atoms with E-state index < -0.39 is 4.92 Å². The van der Waals surface area contributed by atoms with Crippen molar-refractivity contribution in [1.82, 2.24) is 4.90 Å². The summed E-state index contributed by atoms with van der Waals surface area (Å²) in [7, 11) is 0. The fraction of sp³-hybridized carbons (Fsp3) is 0.538. The predicted molar refractivity (Wildman–Crippen MR) is 76.2 cm³/mol. The van der Waals surface area contributed by atoms with Crippen molar-refractivity contribution < 1.29 is 9.66 Å². The quantitative estimate of drug-likeness (QED) is 0.493. The largest absolute Gasteiger partial charge is 0.373 e. The van der Waals surface area contributed by atoms with E-state index in [9.17, 15) is 10.1 Å². The number of morpholine rings is 1. The van der Waals surface area contributed by atoms with E-state index in [2.05, 4.69) is 10.3 Å². The second-order valence-corrected chi connectivity index (χ2v) is 5.16. The van der Waals surface area contributed by atoms with Gasteiger partial charge in [0.2, 0.25) is 0 Å². The minimum absolute atomic E-state index is 0.000596. The van der Waals surface area contributed by atoms with Gasteiger partial charge in [-0.1, -0.05) is 12.1 Å². The SMILES string of the molecule is CC1CN(Cc2cccc([N+](=O)[O-])c2NN)CC(C)O1. The Labute approximate surface area is 117 Å². The normalized spacial score (nSPS) is 23.6. The van der Waals surface area contributed by atoms with Crippen molar-refractivity contribution in [1.29, 1.82) is 0 Å². The molecule has 0 aromatic heterocycles. The molecule has 7 nitrogen and oxygen atoms in total. The lowest BCUT2D eigenvalue weighted by Gasteiger charge is -2.35. The number of rotatable bonds is 4. The molecule has 0 radical (unpaired) electrons. The number of nitrogens with one attached hydrogen (secondary N) is 1. The van der Waals surface area contributed by atoms with Crippen LogP contribution >= 0.6 is 0 Å².